The summed E-state index contributed by atoms with van der Waals surface area (Å²) in [6, 6.07) is 0. The van der Waals surface area contributed by atoms with Crippen molar-refractivity contribution in [2.75, 3.05) is 20.1 Å². The molecule has 0 unspecified atom stereocenters. The molecule has 0 heterocycles. The Kier molecular flexibility index (Phi) is 5.75. The second-order valence-corrected chi connectivity index (χ2v) is 4.37. The van der Waals surface area contributed by atoms with Crippen LogP contribution in [0.25, 0.3) is 0 Å². The van der Waals surface area contributed by atoms with Crippen LogP contribution in [0, 0.1) is 0 Å². The molecule has 1 aliphatic carbocycles. The number of hydrogen-bond acceptors (Lipinski definition) is 3. The van der Waals surface area contributed by atoms with Crippen molar-refractivity contribution < 1.29 is 9.59 Å². The Balaban J connectivity index is 0.00000225. The van der Waals surface area contributed by atoms with E-state index in [1.54, 1.807) is 7.05 Å². The number of nitrogens with zero attached hydrogens (tertiary/aromatic N) is 1. The maximum atomic E-state index is 11.4. The van der Waals surface area contributed by atoms with Gasteiger partial charge in [0.2, 0.25) is 11.8 Å². The molecule has 5 nitrogen and oxygen atoms in total. The fourth-order valence-electron chi connectivity index (χ4n) is 1.46. The van der Waals surface area contributed by atoms with Crippen molar-refractivity contribution in [1.82, 2.24) is 10.2 Å². The first-order chi connectivity index (χ1) is 6.93. The van der Waals surface area contributed by atoms with Crippen LogP contribution in [0.15, 0.2) is 0 Å². The van der Waals surface area contributed by atoms with Crippen LogP contribution < -0.4 is 11.1 Å². The lowest BCUT2D eigenvalue weighted by molar-refractivity contribution is -0.133. The highest BCUT2D eigenvalue weighted by molar-refractivity contribution is 5.85. The summed E-state index contributed by atoms with van der Waals surface area (Å²) in [6.07, 6.45) is 3.07. The summed E-state index contributed by atoms with van der Waals surface area (Å²) in [7, 11) is 1.60. The first-order valence-electron chi connectivity index (χ1n) is 5.20. The van der Waals surface area contributed by atoms with Crippen molar-refractivity contribution >= 4 is 24.2 Å². The molecule has 0 atom stereocenters. The lowest BCUT2D eigenvalue weighted by Gasteiger charge is -2.38. The summed E-state index contributed by atoms with van der Waals surface area (Å²) in [5.41, 5.74) is 5.74. The third-order valence-electron chi connectivity index (χ3n) is 2.91. The van der Waals surface area contributed by atoms with Crippen LogP contribution in [0.2, 0.25) is 0 Å². The van der Waals surface area contributed by atoms with E-state index in [1.165, 1.54) is 11.8 Å². The molecule has 2 amide bonds. The number of amides is 2. The van der Waals surface area contributed by atoms with Crippen molar-refractivity contribution in [3.8, 4) is 0 Å². The highest BCUT2D eigenvalue weighted by Crippen LogP contribution is 2.27. The summed E-state index contributed by atoms with van der Waals surface area (Å²) in [4.78, 5) is 23.6. The normalized spacial score (nSPS) is 16.7. The molecule has 1 rings (SSSR count). The van der Waals surface area contributed by atoms with Gasteiger partial charge in [0.15, 0.2) is 0 Å². The smallest absolute Gasteiger partial charge is 0.239 e. The predicted molar refractivity (Wildman–Crippen MR) is 64.3 cm³/mol. The molecular weight excluding hydrogens is 230 g/mol. The molecule has 0 spiro atoms. The first kappa shape index (κ1) is 15.2. The molecule has 1 saturated carbocycles. The van der Waals surface area contributed by atoms with Crippen molar-refractivity contribution in [2.45, 2.75) is 31.7 Å². The molecule has 0 aromatic rings. The summed E-state index contributed by atoms with van der Waals surface area (Å²) in [5.74, 6) is -0.263. The van der Waals surface area contributed by atoms with E-state index in [-0.39, 0.29) is 36.3 Å². The zero-order chi connectivity index (χ0) is 11.5. The summed E-state index contributed by atoms with van der Waals surface area (Å²) in [6.45, 7) is 2.05. The number of carbonyl (C=O) groups is 2. The van der Waals surface area contributed by atoms with Gasteiger partial charge in [-0.05, 0) is 19.3 Å². The summed E-state index contributed by atoms with van der Waals surface area (Å²) >= 11 is 0. The van der Waals surface area contributed by atoms with E-state index in [0.717, 1.165) is 19.3 Å². The van der Waals surface area contributed by atoms with Crippen LogP contribution in [0.5, 0.6) is 0 Å². The zero-order valence-electron chi connectivity index (χ0n) is 9.78. The topological polar surface area (TPSA) is 75.4 Å². The number of carbonyl (C=O) groups excluding carboxylic acids is 2. The van der Waals surface area contributed by atoms with Crippen LogP contribution in [-0.4, -0.2) is 42.4 Å². The lowest BCUT2D eigenvalue weighted by Crippen LogP contribution is -2.55. The molecular formula is C10H20ClN3O2. The average Bonchev–Trinajstić information content (AvgIpc) is 2.11. The van der Waals surface area contributed by atoms with Crippen molar-refractivity contribution in [2.24, 2.45) is 5.73 Å². The largest absolute Gasteiger partial charge is 0.353 e. The highest BCUT2D eigenvalue weighted by Gasteiger charge is 2.32. The van der Waals surface area contributed by atoms with Gasteiger partial charge in [-0.2, -0.15) is 0 Å². The Morgan fingerprint density at radius 3 is 2.38 bits per heavy atom. The molecule has 16 heavy (non-hydrogen) atoms. The van der Waals surface area contributed by atoms with Gasteiger partial charge < -0.3 is 16.0 Å². The average molecular weight is 250 g/mol. The lowest BCUT2D eigenvalue weighted by atomic mass is 9.78. The molecule has 0 aliphatic heterocycles. The third-order valence-corrected chi connectivity index (χ3v) is 2.91. The second-order valence-electron chi connectivity index (χ2n) is 4.37. The van der Waals surface area contributed by atoms with E-state index < -0.39 is 0 Å². The number of rotatable bonds is 4. The van der Waals surface area contributed by atoms with Crippen LogP contribution in [0.1, 0.15) is 26.2 Å². The van der Waals surface area contributed by atoms with Crippen LogP contribution in [0.4, 0.5) is 0 Å². The fraction of sp³-hybridized carbons (Fsp3) is 0.800. The Bertz CT molecular complexity index is 267. The van der Waals surface area contributed by atoms with Crippen molar-refractivity contribution in [3.05, 3.63) is 0 Å². The van der Waals surface area contributed by atoms with Crippen LogP contribution >= 0.6 is 12.4 Å². The Morgan fingerprint density at radius 2 is 2.00 bits per heavy atom. The standard InChI is InChI=1S/C10H19N3O2.ClH/c1-8(14)13(2)6-9(15)12-7-10(11)4-3-5-10;/h3-7,11H2,1-2H3,(H,12,15);1H. The molecule has 0 aromatic heterocycles. The molecule has 1 fully saturated rings. The Labute approximate surface area is 102 Å². The van der Waals surface area contributed by atoms with E-state index in [1.807, 2.05) is 0 Å². The summed E-state index contributed by atoms with van der Waals surface area (Å²) < 4.78 is 0. The van der Waals surface area contributed by atoms with Crippen molar-refractivity contribution in [1.29, 1.82) is 0 Å². The first-order valence-corrected chi connectivity index (χ1v) is 5.20. The minimum atomic E-state index is -0.204. The van der Waals surface area contributed by atoms with Gasteiger partial charge in [-0.1, -0.05) is 0 Å². The van der Waals surface area contributed by atoms with Gasteiger partial charge in [0, 0.05) is 26.1 Å². The molecule has 0 radical (unpaired) electrons. The number of halogens is 1. The molecule has 3 N–H and O–H groups in total. The van der Waals surface area contributed by atoms with Crippen LogP contribution in [0.3, 0.4) is 0 Å². The molecule has 0 bridgehead atoms. The van der Waals surface area contributed by atoms with Gasteiger partial charge in [0.1, 0.15) is 0 Å². The monoisotopic (exact) mass is 249 g/mol. The third kappa shape index (κ3) is 4.37. The minimum absolute atomic E-state index is 0. The van der Waals surface area contributed by atoms with E-state index in [4.69, 9.17) is 5.73 Å². The maximum absolute atomic E-state index is 11.4. The molecule has 0 saturated heterocycles. The van der Waals surface area contributed by atoms with Crippen molar-refractivity contribution in [3.63, 3.8) is 0 Å². The van der Waals surface area contributed by atoms with Gasteiger partial charge in [0.05, 0.1) is 6.54 Å². The number of nitrogens with two attached hydrogens (primary N) is 1. The highest BCUT2D eigenvalue weighted by atomic mass is 35.5. The SMILES string of the molecule is CC(=O)N(C)CC(=O)NCC1(N)CCC1.Cl. The van der Waals surface area contributed by atoms with E-state index >= 15 is 0 Å². The summed E-state index contributed by atoms with van der Waals surface area (Å²) in [5, 5.41) is 2.75. The number of nitrogens with one attached hydrogen (secondary N) is 1. The van der Waals surface area contributed by atoms with E-state index in [2.05, 4.69) is 5.32 Å². The second kappa shape index (κ2) is 6.06. The van der Waals surface area contributed by atoms with E-state index in [9.17, 15) is 9.59 Å². The Morgan fingerprint density at radius 1 is 1.44 bits per heavy atom. The number of hydrogen-bond donors (Lipinski definition) is 2. The maximum Gasteiger partial charge on any atom is 0.239 e. The van der Waals surface area contributed by atoms with Gasteiger partial charge in [-0.3, -0.25) is 9.59 Å². The number of likely N-dealkylation sites (N-methyl/N-ethyl adjacent to an activating group) is 1. The van der Waals surface area contributed by atoms with Gasteiger partial charge in [-0.25, -0.2) is 0 Å². The predicted octanol–water partition coefficient (Wildman–Crippen LogP) is -0.116. The molecule has 0 aromatic carbocycles. The van der Waals surface area contributed by atoms with Crippen LogP contribution in [-0.2, 0) is 9.59 Å². The van der Waals surface area contributed by atoms with Gasteiger partial charge in [0.25, 0.3) is 0 Å². The van der Waals surface area contributed by atoms with Gasteiger partial charge in [-0.15, -0.1) is 12.4 Å². The molecule has 6 heteroatoms. The van der Waals surface area contributed by atoms with E-state index in [0.29, 0.717) is 6.54 Å². The fourth-order valence-corrected chi connectivity index (χ4v) is 1.46. The zero-order valence-corrected chi connectivity index (χ0v) is 10.6. The quantitative estimate of drug-likeness (QED) is 0.730. The Hall–Kier alpha value is -0.810. The molecule has 94 valence electrons. The molecule has 1 aliphatic rings. The van der Waals surface area contributed by atoms with Gasteiger partial charge >= 0.3 is 0 Å². The minimum Gasteiger partial charge on any atom is -0.353 e.